The van der Waals surface area contributed by atoms with Gasteiger partial charge in [0.05, 0.1) is 5.60 Å². The van der Waals surface area contributed by atoms with E-state index in [4.69, 9.17) is 22.1 Å². The van der Waals surface area contributed by atoms with Crippen molar-refractivity contribution in [3.63, 3.8) is 0 Å². The maximum atomic E-state index is 9.58. The molecule has 0 fully saturated rings. The Morgan fingerprint density at radius 1 is 1.50 bits per heavy atom. The molecule has 0 radical (unpaired) electrons. The first-order valence-corrected chi connectivity index (χ1v) is 5.57. The molecule has 90 valence electrons. The van der Waals surface area contributed by atoms with Gasteiger partial charge < -0.3 is 15.6 Å². The van der Waals surface area contributed by atoms with Gasteiger partial charge in [-0.05, 0) is 39.0 Å². The van der Waals surface area contributed by atoms with Crippen molar-refractivity contribution in [1.29, 1.82) is 0 Å². The summed E-state index contributed by atoms with van der Waals surface area (Å²) in [5.74, 6) is 0.668. The van der Waals surface area contributed by atoms with E-state index >= 15 is 0 Å². The van der Waals surface area contributed by atoms with Crippen LogP contribution >= 0.6 is 11.6 Å². The molecular weight excluding hydrogens is 226 g/mol. The second-order valence-electron chi connectivity index (χ2n) is 4.57. The highest BCUT2D eigenvalue weighted by molar-refractivity contribution is 6.30. The molecule has 0 amide bonds. The van der Waals surface area contributed by atoms with Gasteiger partial charge in [0.1, 0.15) is 12.4 Å². The van der Waals surface area contributed by atoms with E-state index in [1.165, 1.54) is 0 Å². The minimum Gasteiger partial charge on any atom is -0.490 e. The zero-order chi connectivity index (χ0) is 12.3. The molecule has 0 unspecified atom stereocenters. The summed E-state index contributed by atoms with van der Waals surface area (Å²) < 4.78 is 5.53. The van der Waals surface area contributed by atoms with Crippen LogP contribution in [0.25, 0.3) is 0 Å². The first-order chi connectivity index (χ1) is 7.29. The largest absolute Gasteiger partial charge is 0.490 e. The average Bonchev–Trinajstić information content (AvgIpc) is 2.14. The first-order valence-electron chi connectivity index (χ1n) is 5.20. The molecule has 0 aliphatic heterocycles. The Morgan fingerprint density at radius 2 is 2.12 bits per heavy atom. The van der Waals surface area contributed by atoms with Crippen molar-refractivity contribution in [3.05, 3.63) is 28.8 Å². The summed E-state index contributed by atoms with van der Waals surface area (Å²) >= 11 is 5.89. The number of ether oxygens (including phenoxy) is 1. The molecule has 3 N–H and O–H groups in total. The van der Waals surface area contributed by atoms with E-state index in [-0.39, 0.29) is 12.6 Å². The SMILES string of the molecule is C[C@H](N)c1cc(Cl)ccc1OCC(C)(C)O. The predicted molar refractivity (Wildman–Crippen MR) is 65.8 cm³/mol. The molecule has 1 atom stereocenters. The molecule has 16 heavy (non-hydrogen) atoms. The van der Waals surface area contributed by atoms with Crippen LogP contribution in [0.2, 0.25) is 5.02 Å². The Hall–Kier alpha value is -0.770. The van der Waals surface area contributed by atoms with Crippen LogP contribution in [0.3, 0.4) is 0 Å². The highest BCUT2D eigenvalue weighted by Crippen LogP contribution is 2.27. The number of hydrogen-bond donors (Lipinski definition) is 2. The van der Waals surface area contributed by atoms with Crippen LogP contribution in [-0.4, -0.2) is 17.3 Å². The van der Waals surface area contributed by atoms with E-state index in [1.54, 1.807) is 32.0 Å². The number of benzene rings is 1. The van der Waals surface area contributed by atoms with Crippen LogP contribution in [0.15, 0.2) is 18.2 Å². The fourth-order valence-corrected chi connectivity index (χ4v) is 1.44. The zero-order valence-corrected chi connectivity index (χ0v) is 10.6. The zero-order valence-electron chi connectivity index (χ0n) is 9.83. The summed E-state index contributed by atoms with van der Waals surface area (Å²) in [5.41, 5.74) is 5.80. The molecule has 3 nitrogen and oxygen atoms in total. The van der Waals surface area contributed by atoms with Crippen molar-refractivity contribution in [1.82, 2.24) is 0 Å². The Kier molecular flexibility index (Phi) is 4.19. The highest BCUT2D eigenvalue weighted by Gasteiger charge is 2.16. The molecule has 0 saturated heterocycles. The lowest BCUT2D eigenvalue weighted by atomic mass is 10.1. The lowest BCUT2D eigenvalue weighted by molar-refractivity contribution is 0.0280. The predicted octanol–water partition coefficient (Wildman–Crippen LogP) is 2.51. The van der Waals surface area contributed by atoms with Crippen LogP contribution in [0.4, 0.5) is 0 Å². The summed E-state index contributed by atoms with van der Waals surface area (Å²) in [4.78, 5) is 0. The molecule has 1 aromatic rings. The third kappa shape index (κ3) is 4.00. The standard InChI is InChI=1S/C12H18ClNO2/c1-8(14)10-6-9(13)4-5-11(10)16-7-12(2,3)15/h4-6,8,15H,7,14H2,1-3H3/t8-/m0/s1. The van der Waals surface area contributed by atoms with Crippen molar-refractivity contribution in [3.8, 4) is 5.75 Å². The van der Waals surface area contributed by atoms with Crippen molar-refractivity contribution >= 4 is 11.6 Å². The third-order valence-electron chi connectivity index (χ3n) is 2.04. The molecule has 0 aliphatic carbocycles. The van der Waals surface area contributed by atoms with E-state index in [0.717, 1.165) is 5.56 Å². The van der Waals surface area contributed by atoms with Crippen LogP contribution in [-0.2, 0) is 0 Å². The molecular formula is C12H18ClNO2. The van der Waals surface area contributed by atoms with Crippen molar-refractivity contribution < 1.29 is 9.84 Å². The summed E-state index contributed by atoms with van der Waals surface area (Å²) in [6.07, 6.45) is 0. The minimum atomic E-state index is -0.866. The quantitative estimate of drug-likeness (QED) is 0.855. The Morgan fingerprint density at radius 3 is 2.62 bits per heavy atom. The minimum absolute atomic E-state index is 0.157. The first kappa shape index (κ1) is 13.3. The number of hydrogen-bond acceptors (Lipinski definition) is 3. The third-order valence-corrected chi connectivity index (χ3v) is 2.28. The van der Waals surface area contributed by atoms with Crippen LogP contribution in [0.5, 0.6) is 5.75 Å². The van der Waals surface area contributed by atoms with E-state index in [0.29, 0.717) is 10.8 Å². The van der Waals surface area contributed by atoms with E-state index < -0.39 is 5.60 Å². The molecule has 1 rings (SSSR count). The van der Waals surface area contributed by atoms with Gasteiger partial charge in [0, 0.05) is 16.6 Å². The van der Waals surface area contributed by atoms with Crippen LogP contribution < -0.4 is 10.5 Å². The fourth-order valence-electron chi connectivity index (χ4n) is 1.26. The molecule has 0 heterocycles. The summed E-state index contributed by atoms with van der Waals surface area (Å²) in [6, 6.07) is 5.14. The van der Waals surface area contributed by atoms with Crippen LogP contribution in [0.1, 0.15) is 32.4 Å². The lowest BCUT2D eigenvalue weighted by Gasteiger charge is -2.20. The van der Waals surface area contributed by atoms with E-state index in [2.05, 4.69) is 0 Å². The van der Waals surface area contributed by atoms with Gasteiger partial charge in [-0.2, -0.15) is 0 Å². The number of aliphatic hydroxyl groups is 1. The number of nitrogens with two attached hydrogens (primary N) is 1. The average molecular weight is 244 g/mol. The van der Waals surface area contributed by atoms with Gasteiger partial charge in [0.2, 0.25) is 0 Å². The topological polar surface area (TPSA) is 55.5 Å². The second kappa shape index (κ2) is 5.04. The number of rotatable bonds is 4. The maximum Gasteiger partial charge on any atom is 0.124 e. The monoisotopic (exact) mass is 243 g/mol. The number of halogens is 1. The van der Waals surface area contributed by atoms with Crippen molar-refractivity contribution in [2.24, 2.45) is 5.73 Å². The van der Waals surface area contributed by atoms with Crippen molar-refractivity contribution in [2.75, 3.05) is 6.61 Å². The molecule has 0 aliphatic rings. The molecule has 0 bridgehead atoms. The highest BCUT2D eigenvalue weighted by atomic mass is 35.5. The summed E-state index contributed by atoms with van der Waals surface area (Å²) in [6.45, 7) is 5.46. The normalized spacial score (nSPS) is 13.6. The molecule has 1 aromatic carbocycles. The van der Waals surface area contributed by atoms with Gasteiger partial charge in [-0.3, -0.25) is 0 Å². The Bertz CT molecular complexity index is 359. The van der Waals surface area contributed by atoms with Gasteiger partial charge in [-0.1, -0.05) is 11.6 Å². The smallest absolute Gasteiger partial charge is 0.124 e. The van der Waals surface area contributed by atoms with Gasteiger partial charge in [-0.25, -0.2) is 0 Å². The fraction of sp³-hybridized carbons (Fsp3) is 0.500. The maximum absolute atomic E-state index is 9.58. The lowest BCUT2D eigenvalue weighted by Crippen LogP contribution is -2.28. The molecule has 4 heteroatoms. The van der Waals surface area contributed by atoms with Gasteiger partial charge in [0.25, 0.3) is 0 Å². The Labute approximate surface area is 101 Å². The summed E-state index contributed by atoms with van der Waals surface area (Å²) in [7, 11) is 0. The van der Waals surface area contributed by atoms with Gasteiger partial charge in [0.15, 0.2) is 0 Å². The molecule has 0 spiro atoms. The van der Waals surface area contributed by atoms with Gasteiger partial charge >= 0.3 is 0 Å². The van der Waals surface area contributed by atoms with E-state index in [9.17, 15) is 5.11 Å². The molecule has 0 aromatic heterocycles. The Balaban J connectivity index is 2.87. The van der Waals surface area contributed by atoms with Crippen LogP contribution in [0, 0.1) is 0 Å². The molecule has 0 saturated carbocycles. The van der Waals surface area contributed by atoms with Crippen molar-refractivity contribution in [2.45, 2.75) is 32.4 Å². The van der Waals surface area contributed by atoms with Gasteiger partial charge in [-0.15, -0.1) is 0 Å². The van der Waals surface area contributed by atoms with E-state index in [1.807, 2.05) is 6.92 Å². The summed E-state index contributed by atoms with van der Waals surface area (Å²) in [5, 5.41) is 10.2. The second-order valence-corrected chi connectivity index (χ2v) is 5.01.